The summed E-state index contributed by atoms with van der Waals surface area (Å²) in [6.45, 7) is 1.97. The van der Waals surface area contributed by atoms with Crippen molar-refractivity contribution in [2.24, 2.45) is 0 Å². The van der Waals surface area contributed by atoms with Crippen LogP contribution in [0.25, 0.3) is 11.4 Å². The van der Waals surface area contributed by atoms with E-state index in [-0.39, 0.29) is 24.5 Å². The number of amides is 1. The van der Waals surface area contributed by atoms with Crippen molar-refractivity contribution in [1.82, 2.24) is 15.2 Å². The molecule has 2 N–H and O–H groups in total. The van der Waals surface area contributed by atoms with Crippen molar-refractivity contribution >= 4 is 17.4 Å². The van der Waals surface area contributed by atoms with Crippen LogP contribution in [0, 0.1) is 6.92 Å². The van der Waals surface area contributed by atoms with Crippen molar-refractivity contribution in [1.29, 1.82) is 0 Å². The maximum atomic E-state index is 12.3. The number of nitrogens with one attached hydrogen (secondary N) is 2. The van der Waals surface area contributed by atoms with Crippen LogP contribution in [0.4, 0.5) is 5.69 Å². The number of H-pyrrole nitrogens is 1. The lowest BCUT2D eigenvalue weighted by Gasteiger charge is -2.06. The molecule has 6 heteroatoms. The summed E-state index contributed by atoms with van der Waals surface area (Å²) in [4.78, 5) is 29.0. The van der Waals surface area contributed by atoms with Gasteiger partial charge >= 0.3 is 0 Å². The molecule has 28 heavy (non-hydrogen) atoms. The van der Waals surface area contributed by atoms with E-state index in [9.17, 15) is 9.59 Å². The molecule has 0 saturated heterocycles. The summed E-state index contributed by atoms with van der Waals surface area (Å²) < 4.78 is 0. The quantitative estimate of drug-likeness (QED) is 0.605. The summed E-state index contributed by atoms with van der Waals surface area (Å²) in [6, 6.07) is 14.8. The Kier molecular flexibility index (Phi) is 5.02. The van der Waals surface area contributed by atoms with Crippen LogP contribution in [0.2, 0.25) is 0 Å². The summed E-state index contributed by atoms with van der Waals surface area (Å²) in [6.07, 6.45) is 2.64. The molecular weight excluding hydrogens is 352 g/mol. The number of rotatable bonds is 7. The summed E-state index contributed by atoms with van der Waals surface area (Å²) in [5.41, 5.74) is 3.25. The monoisotopic (exact) mass is 374 g/mol. The number of benzene rings is 2. The van der Waals surface area contributed by atoms with Crippen LogP contribution in [0.3, 0.4) is 0 Å². The fraction of sp³-hybridized carbons (Fsp3) is 0.273. The molecule has 0 radical (unpaired) electrons. The Balaban J connectivity index is 1.35. The Bertz CT molecular complexity index is 1000. The molecule has 0 aliphatic heterocycles. The molecule has 1 amide bonds. The van der Waals surface area contributed by atoms with E-state index in [1.807, 2.05) is 43.3 Å². The first-order chi connectivity index (χ1) is 13.6. The molecule has 0 bridgehead atoms. The van der Waals surface area contributed by atoms with Gasteiger partial charge in [-0.3, -0.25) is 14.7 Å². The third kappa shape index (κ3) is 4.34. The number of hydrogen-bond acceptors (Lipinski definition) is 4. The van der Waals surface area contributed by atoms with Crippen LogP contribution in [-0.4, -0.2) is 26.9 Å². The first-order valence-electron chi connectivity index (χ1n) is 9.51. The predicted octanol–water partition coefficient (Wildman–Crippen LogP) is 4.26. The van der Waals surface area contributed by atoms with E-state index in [0.29, 0.717) is 23.0 Å². The Labute approximate surface area is 163 Å². The fourth-order valence-electron chi connectivity index (χ4n) is 3.01. The molecule has 3 aromatic rings. The Morgan fingerprint density at radius 3 is 2.64 bits per heavy atom. The van der Waals surface area contributed by atoms with E-state index in [4.69, 9.17) is 0 Å². The number of aryl methyl sites for hydroxylation is 1. The van der Waals surface area contributed by atoms with Crippen LogP contribution in [0.5, 0.6) is 0 Å². The number of aromatic nitrogens is 3. The van der Waals surface area contributed by atoms with Gasteiger partial charge in [0.2, 0.25) is 5.91 Å². The van der Waals surface area contributed by atoms with E-state index in [2.05, 4.69) is 20.5 Å². The van der Waals surface area contributed by atoms with Crippen molar-refractivity contribution in [2.75, 3.05) is 5.32 Å². The number of carbonyl (C=O) groups excluding carboxylic acids is 2. The van der Waals surface area contributed by atoms with Crippen molar-refractivity contribution < 1.29 is 9.59 Å². The number of Topliss-reactive ketones (excluding diaryl/α,β-unsaturated/α-hetero) is 1. The summed E-state index contributed by atoms with van der Waals surface area (Å²) >= 11 is 0. The topological polar surface area (TPSA) is 87.7 Å². The highest BCUT2D eigenvalue weighted by Gasteiger charge is 2.27. The lowest BCUT2D eigenvalue weighted by Crippen LogP contribution is -2.13. The molecule has 0 atom stereocenters. The van der Waals surface area contributed by atoms with Gasteiger partial charge in [-0.1, -0.05) is 42.0 Å². The molecule has 1 aliphatic carbocycles. The van der Waals surface area contributed by atoms with Gasteiger partial charge < -0.3 is 5.32 Å². The summed E-state index contributed by atoms with van der Waals surface area (Å²) in [7, 11) is 0. The zero-order valence-electron chi connectivity index (χ0n) is 15.7. The maximum Gasteiger partial charge on any atom is 0.224 e. The number of anilines is 1. The van der Waals surface area contributed by atoms with Gasteiger partial charge in [-0.25, -0.2) is 4.98 Å². The molecular formula is C22H22N4O2. The number of ketones is 1. The van der Waals surface area contributed by atoms with Crippen LogP contribution in [0.1, 0.15) is 53.3 Å². The smallest absolute Gasteiger partial charge is 0.224 e. The predicted molar refractivity (Wildman–Crippen MR) is 107 cm³/mol. The van der Waals surface area contributed by atoms with Gasteiger partial charge in [0.1, 0.15) is 5.82 Å². The highest BCUT2D eigenvalue weighted by molar-refractivity contribution is 6.00. The minimum atomic E-state index is -0.189. The minimum Gasteiger partial charge on any atom is -0.326 e. The van der Waals surface area contributed by atoms with Gasteiger partial charge in [-0.2, -0.15) is 5.10 Å². The van der Waals surface area contributed by atoms with Crippen LogP contribution in [-0.2, 0) is 4.79 Å². The number of nitrogens with zero attached hydrogens (tertiary/aromatic N) is 2. The molecule has 1 aliphatic rings. The van der Waals surface area contributed by atoms with E-state index < -0.39 is 0 Å². The molecule has 1 heterocycles. The highest BCUT2D eigenvalue weighted by atomic mass is 16.2. The average molecular weight is 374 g/mol. The standard InChI is InChI=1S/C22H22N4O2/c1-14-5-7-15(8-6-14)19(27)11-12-20(28)23-18-4-2-3-17(13-18)22-24-21(25-26-22)16-9-10-16/h2-8,13,16H,9-12H2,1H3,(H,23,28)(H,24,25,26). The molecule has 1 aromatic heterocycles. The lowest BCUT2D eigenvalue weighted by atomic mass is 10.0. The normalized spacial score (nSPS) is 13.3. The molecule has 1 fully saturated rings. The fourth-order valence-corrected chi connectivity index (χ4v) is 3.01. The Morgan fingerprint density at radius 2 is 1.89 bits per heavy atom. The largest absolute Gasteiger partial charge is 0.326 e. The third-order valence-corrected chi connectivity index (χ3v) is 4.82. The average Bonchev–Trinajstić information content (AvgIpc) is 3.43. The van der Waals surface area contributed by atoms with Gasteiger partial charge in [0.25, 0.3) is 0 Å². The van der Waals surface area contributed by atoms with Crippen molar-refractivity contribution in [3.8, 4) is 11.4 Å². The zero-order chi connectivity index (χ0) is 19.5. The molecule has 0 spiro atoms. The van der Waals surface area contributed by atoms with Gasteiger partial charge in [0.15, 0.2) is 11.6 Å². The van der Waals surface area contributed by atoms with E-state index in [0.717, 1.165) is 29.8 Å². The zero-order valence-corrected chi connectivity index (χ0v) is 15.7. The lowest BCUT2D eigenvalue weighted by molar-refractivity contribution is -0.116. The van der Waals surface area contributed by atoms with Crippen LogP contribution in [0.15, 0.2) is 48.5 Å². The number of carbonyl (C=O) groups is 2. The molecule has 0 unspecified atom stereocenters. The Hall–Kier alpha value is -3.28. The second-order valence-electron chi connectivity index (χ2n) is 7.24. The number of hydrogen-bond donors (Lipinski definition) is 2. The number of aromatic amines is 1. The maximum absolute atomic E-state index is 12.3. The molecule has 2 aromatic carbocycles. The van der Waals surface area contributed by atoms with Gasteiger partial charge in [-0.15, -0.1) is 0 Å². The SMILES string of the molecule is Cc1ccc(C(=O)CCC(=O)Nc2cccc(-c3n[nH]c(C4CC4)n3)c2)cc1. The molecule has 6 nitrogen and oxygen atoms in total. The van der Waals surface area contributed by atoms with Crippen LogP contribution < -0.4 is 5.32 Å². The third-order valence-electron chi connectivity index (χ3n) is 4.82. The first-order valence-corrected chi connectivity index (χ1v) is 9.51. The highest BCUT2D eigenvalue weighted by Crippen LogP contribution is 2.38. The van der Waals surface area contributed by atoms with Crippen molar-refractivity contribution in [2.45, 2.75) is 38.5 Å². The van der Waals surface area contributed by atoms with Crippen LogP contribution >= 0.6 is 0 Å². The van der Waals surface area contributed by atoms with E-state index >= 15 is 0 Å². The van der Waals surface area contributed by atoms with E-state index in [1.54, 1.807) is 12.1 Å². The van der Waals surface area contributed by atoms with Gasteiger partial charge in [-0.05, 0) is 31.9 Å². The second kappa shape index (κ2) is 7.76. The molecule has 142 valence electrons. The first kappa shape index (κ1) is 18.1. The van der Waals surface area contributed by atoms with Crippen molar-refractivity contribution in [3.05, 3.63) is 65.5 Å². The molecule has 4 rings (SSSR count). The van der Waals surface area contributed by atoms with E-state index in [1.165, 1.54) is 0 Å². The van der Waals surface area contributed by atoms with Crippen molar-refractivity contribution in [3.63, 3.8) is 0 Å². The summed E-state index contributed by atoms with van der Waals surface area (Å²) in [5, 5.41) is 10.1. The Morgan fingerprint density at radius 1 is 1.11 bits per heavy atom. The van der Waals surface area contributed by atoms with Gasteiger partial charge in [0, 0.05) is 35.6 Å². The molecule has 1 saturated carbocycles. The van der Waals surface area contributed by atoms with Gasteiger partial charge in [0.05, 0.1) is 0 Å². The minimum absolute atomic E-state index is 0.0303. The summed E-state index contributed by atoms with van der Waals surface area (Å²) in [5.74, 6) is 1.85. The second-order valence-corrected chi connectivity index (χ2v) is 7.24.